The molecule has 2 atom stereocenters. The van der Waals surface area contributed by atoms with Crippen molar-refractivity contribution in [2.45, 2.75) is 69.9 Å². The molecular weight excluding hydrogens is 944 g/mol. The number of amides is 4. The van der Waals surface area contributed by atoms with E-state index in [4.69, 9.17) is 0 Å². The number of pyridine rings is 1. The smallest absolute Gasteiger partial charge is 0.380 e. The number of imidazole rings is 1. The average Bonchev–Trinajstić information content (AvgIpc) is 4.09. The molecule has 4 fully saturated rings. The lowest BCUT2D eigenvalue weighted by atomic mass is 9.78. The van der Waals surface area contributed by atoms with Crippen molar-refractivity contribution in [2.24, 2.45) is 18.9 Å². The van der Waals surface area contributed by atoms with Crippen molar-refractivity contribution in [3.05, 3.63) is 141 Å². The first kappa shape index (κ1) is 48.0. The van der Waals surface area contributed by atoms with Gasteiger partial charge in [0.15, 0.2) is 5.82 Å². The summed E-state index contributed by atoms with van der Waals surface area (Å²) >= 11 is 0. The number of aliphatic hydroxyl groups is 1. The summed E-state index contributed by atoms with van der Waals surface area (Å²) in [4.78, 5) is 75.1. The fraction of sp³-hybridized carbons (Fsp3) is 0.415. The Balaban J connectivity index is 0.656. The lowest BCUT2D eigenvalue weighted by Gasteiger charge is -2.40. The van der Waals surface area contributed by atoms with Gasteiger partial charge in [0.25, 0.3) is 11.8 Å². The highest BCUT2D eigenvalue weighted by molar-refractivity contribution is 6.05. The minimum absolute atomic E-state index is 0.0196. The fourth-order valence-corrected chi connectivity index (χ4v) is 11.7. The van der Waals surface area contributed by atoms with Crippen LogP contribution in [-0.4, -0.2) is 126 Å². The van der Waals surface area contributed by atoms with E-state index < -0.39 is 35.5 Å². The van der Waals surface area contributed by atoms with Gasteiger partial charge in [-0.05, 0) is 134 Å². The molecule has 0 bridgehead atoms. The molecule has 3 aromatic carbocycles. The van der Waals surface area contributed by atoms with Crippen LogP contribution in [0.15, 0.2) is 96.3 Å². The molecule has 0 unspecified atom stereocenters. The van der Waals surface area contributed by atoms with Crippen LogP contribution in [-0.2, 0) is 35.9 Å². The number of imide groups is 1. The summed E-state index contributed by atoms with van der Waals surface area (Å²) in [6, 6.07) is 20.6. The number of rotatable bonds is 10. The normalized spacial score (nSPS) is 20.0. The molecule has 17 nitrogen and oxygen atoms in total. The Morgan fingerprint density at radius 1 is 0.795 bits per heavy atom. The predicted molar refractivity (Wildman–Crippen MR) is 263 cm³/mol. The molecule has 11 rings (SSSR count). The van der Waals surface area contributed by atoms with Gasteiger partial charge in [-0.15, -0.1) is 10.2 Å². The molecular formula is C53H56F3N11O6. The van der Waals surface area contributed by atoms with Gasteiger partial charge in [0.2, 0.25) is 11.8 Å². The summed E-state index contributed by atoms with van der Waals surface area (Å²) in [5.74, 6) is 0.283. The van der Waals surface area contributed by atoms with Crippen LogP contribution in [0.1, 0.15) is 93.4 Å². The van der Waals surface area contributed by atoms with Gasteiger partial charge in [-0.1, -0.05) is 12.1 Å². The van der Waals surface area contributed by atoms with Crippen molar-refractivity contribution in [3.63, 3.8) is 0 Å². The van der Waals surface area contributed by atoms with Crippen molar-refractivity contribution < 1.29 is 37.5 Å². The quantitative estimate of drug-likeness (QED) is 0.174. The van der Waals surface area contributed by atoms with Crippen LogP contribution in [0, 0.1) is 11.8 Å². The Bertz CT molecular complexity index is 3160. The molecule has 6 aromatic rings. The summed E-state index contributed by atoms with van der Waals surface area (Å²) in [7, 11) is 1.68. The van der Waals surface area contributed by atoms with E-state index in [2.05, 4.69) is 30.2 Å². The number of piperazine rings is 1. The van der Waals surface area contributed by atoms with Crippen LogP contribution in [0.3, 0.4) is 0 Å². The van der Waals surface area contributed by atoms with Crippen LogP contribution in [0.5, 0.6) is 0 Å². The highest BCUT2D eigenvalue weighted by Gasteiger charge is 2.40. The summed E-state index contributed by atoms with van der Waals surface area (Å²) in [6.45, 7) is 6.46. The number of carbonyl (C=O) groups is 4. The van der Waals surface area contributed by atoms with E-state index in [1.165, 1.54) is 23.3 Å². The van der Waals surface area contributed by atoms with Crippen molar-refractivity contribution >= 4 is 40.5 Å². The van der Waals surface area contributed by atoms with Crippen LogP contribution >= 0.6 is 0 Å². The van der Waals surface area contributed by atoms with E-state index in [9.17, 15) is 42.3 Å². The summed E-state index contributed by atoms with van der Waals surface area (Å²) in [5, 5.41) is 21.1. The molecule has 0 saturated carbocycles. The van der Waals surface area contributed by atoms with Gasteiger partial charge in [-0.2, -0.15) is 13.2 Å². The molecule has 4 amide bonds. The van der Waals surface area contributed by atoms with Crippen molar-refractivity contribution in [3.8, 4) is 5.69 Å². The second-order valence-electron chi connectivity index (χ2n) is 20.1. The molecule has 5 aliphatic heterocycles. The van der Waals surface area contributed by atoms with E-state index in [0.717, 1.165) is 79.3 Å². The van der Waals surface area contributed by atoms with Gasteiger partial charge in [-0.25, -0.2) is 4.79 Å². The summed E-state index contributed by atoms with van der Waals surface area (Å²) < 4.78 is 47.6. The van der Waals surface area contributed by atoms with Crippen LogP contribution in [0.2, 0.25) is 0 Å². The van der Waals surface area contributed by atoms with E-state index in [1.807, 2.05) is 47.4 Å². The number of aromatic nitrogens is 5. The number of benzene rings is 3. The molecule has 4 saturated heterocycles. The zero-order valence-electron chi connectivity index (χ0n) is 40.4. The third-order valence-corrected chi connectivity index (χ3v) is 15.7. The second kappa shape index (κ2) is 19.3. The molecule has 3 aromatic heterocycles. The molecule has 0 aliphatic carbocycles. The number of halogens is 3. The number of hydrogen-bond acceptors (Lipinski definition) is 11. The van der Waals surface area contributed by atoms with Gasteiger partial charge in [0.05, 0.1) is 16.8 Å². The number of aryl methyl sites for hydroxylation is 1. The van der Waals surface area contributed by atoms with E-state index >= 15 is 0 Å². The van der Waals surface area contributed by atoms with Gasteiger partial charge >= 0.3 is 11.9 Å². The Hall–Kier alpha value is -7.32. The molecule has 73 heavy (non-hydrogen) atoms. The number of carbonyl (C=O) groups excluding carboxylic acids is 4. The van der Waals surface area contributed by atoms with Crippen molar-refractivity contribution in [1.82, 2.24) is 43.7 Å². The first-order valence-electron chi connectivity index (χ1n) is 25.0. The maximum Gasteiger partial charge on any atom is 0.418 e. The first-order valence-corrected chi connectivity index (χ1v) is 25.0. The average molecular weight is 1000 g/mol. The Morgan fingerprint density at radius 3 is 2.15 bits per heavy atom. The zero-order valence-corrected chi connectivity index (χ0v) is 40.4. The van der Waals surface area contributed by atoms with Gasteiger partial charge in [0, 0.05) is 101 Å². The third kappa shape index (κ3) is 9.37. The van der Waals surface area contributed by atoms with Gasteiger partial charge in [0.1, 0.15) is 18.5 Å². The van der Waals surface area contributed by atoms with Crippen molar-refractivity contribution in [1.29, 1.82) is 0 Å². The van der Waals surface area contributed by atoms with Gasteiger partial charge in [-0.3, -0.25) is 38.4 Å². The number of hydrogen-bond donors (Lipinski definition) is 2. The Labute approximate surface area is 418 Å². The number of fused-ring (bicyclic) bond motifs is 2. The van der Waals surface area contributed by atoms with Crippen LogP contribution in [0.25, 0.3) is 11.2 Å². The monoisotopic (exact) mass is 999 g/mol. The number of piperidine rings is 3. The molecule has 8 heterocycles. The Kier molecular flexibility index (Phi) is 12.7. The van der Waals surface area contributed by atoms with E-state index in [0.29, 0.717) is 78.9 Å². The molecule has 0 radical (unpaired) electrons. The molecule has 2 N–H and O–H groups in total. The number of aliphatic hydroxyl groups excluding tert-OH is 1. The fourth-order valence-electron chi connectivity index (χ4n) is 11.7. The summed E-state index contributed by atoms with van der Waals surface area (Å²) in [6.07, 6.45) is 2.40. The van der Waals surface area contributed by atoms with E-state index in [1.54, 1.807) is 40.8 Å². The Morgan fingerprint density at radius 2 is 1.48 bits per heavy atom. The standard InChI is InChI=1S/C53H56F3N11O6/c1-60-32-57-59-48(60)47(69)37-3-2-4-41(26-37)65-31-45-43(53(54,55)56)25-33(29-67(45)52(65)73)28-61-17-13-34(14-18-61)35-15-19-64(20-16-35)50(71)36-5-7-39(8-6-36)62-21-23-63(24-22-62)40-9-10-42-38(27-40)30-66(51(42)72)44-11-12-46(68)58-49(44)70/h2-10,25-27,29,31-32,34-35,44,47,69H,11-24,28,30H2,1H3,(H,58,68,70)/t44-,47+/m0/s1. The first-order chi connectivity index (χ1) is 35.2. The minimum atomic E-state index is -4.71. The maximum absolute atomic E-state index is 14.6. The van der Waals surface area contributed by atoms with Crippen molar-refractivity contribution in [2.75, 3.05) is 62.2 Å². The molecule has 20 heteroatoms. The minimum Gasteiger partial charge on any atom is -0.380 e. The largest absolute Gasteiger partial charge is 0.418 e. The lowest BCUT2D eigenvalue weighted by molar-refractivity contribution is -0.137. The van der Waals surface area contributed by atoms with Gasteiger partial charge < -0.3 is 29.3 Å². The molecule has 380 valence electrons. The maximum atomic E-state index is 14.6. The van der Waals surface area contributed by atoms with E-state index in [-0.39, 0.29) is 42.0 Å². The highest BCUT2D eigenvalue weighted by Crippen LogP contribution is 2.37. The lowest BCUT2D eigenvalue weighted by Crippen LogP contribution is -2.52. The van der Waals surface area contributed by atoms with Crippen LogP contribution < -0.4 is 20.8 Å². The topological polar surface area (TPSA) is 174 Å². The number of likely N-dealkylation sites (tertiary alicyclic amines) is 2. The number of nitrogens with one attached hydrogen (secondary N) is 1. The molecule has 0 spiro atoms. The predicted octanol–water partition coefficient (Wildman–Crippen LogP) is 5.17. The third-order valence-electron chi connectivity index (χ3n) is 15.7. The zero-order chi connectivity index (χ0) is 50.7. The number of nitrogens with zero attached hydrogens (tertiary/aromatic N) is 10. The highest BCUT2D eigenvalue weighted by atomic mass is 19.4. The SMILES string of the molecule is Cn1cnnc1[C@H](O)c1cccc(-n2cc3c(C(F)(F)F)cc(CN4CCC(C5CCN(C(=O)c6ccc(N7CCN(c8ccc9c(c8)CN([C@H]8CCC(=O)NC8=O)C9=O)CC7)cc6)CC5)CC4)cn3c2=O)c1. The summed E-state index contributed by atoms with van der Waals surface area (Å²) in [5.41, 5.74) is 3.49. The molecule has 5 aliphatic rings. The second-order valence-corrected chi connectivity index (χ2v) is 20.1. The number of alkyl halides is 3. The van der Waals surface area contributed by atoms with Crippen LogP contribution in [0.4, 0.5) is 24.5 Å². The number of anilines is 2.